The second-order valence-corrected chi connectivity index (χ2v) is 21.6. The molecule has 0 heterocycles. The van der Waals surface area contributed by atoms with E-state index in [0.29, 0.717) is 65.2 Å². The van der Waals surface area contributed by atoms with Gasteiger partial charge in [0.25, 0.3) is 0 Å². The van der Waals surface area contributed by atoms with Gasteiger partial charge in [-0.25, -0.2) is 0 Å². The summed E-state index contributed by atoms with van der Waals surface area (Å²) in [6.07, 6.45) is 41.0. The van der Waals surface area contributed by atoms with Gasteiger partial charge in [-0.1, -0.05) is 182 Å². The van der Waals surface area contributed by atoms with Crippen molar-refractivity contribution in [2.75, 3.05) is 78.9 Å². The topological polar surface area (TPSA) is 152 Å². The number of aliphatic hydroxyl groups excluding tert-OH is 2. The molecule has 0 aliphatic rings. The summed E-state index contributed by atoms with van der Waals surface area (Å²) >= 11 is 0. The average Bonchev–Trinajstić information content (AvgIpc) is 3.40. The molecule has 12 nitrogen and oxygen atoms in total. The summed E-state index contributed by atoms with van der Waals surface area (Å²) in [6.45, 7) is 15.5. The zero-order valence-corrected chi connectivity index (χ0v) is 49.0. The van der Waals surface area contributed by atoms with E-state index in [1.165, 1.54) is 103 Å². The van der Waals surface area contributed by atoms with E-state index in [2.05, 4.69) is 37.5 Å². The van der Waals surface area contributed by atoms with Gasteiger partial charge in [-0.05, 0) is 116 Å². The normalized spacial score (nSPS) is 12.4. The second kappa shape index (κ2) is 56.9. The van der Waals surface area contributed by atoms with Crippen molar-refractivity contribution in [3.05, 3.63) is 0 Å². The highest BCUT2D eigenvalue weighted by atomic mass is 16.5. The predicted octanol–water partition coefficient (Wildman–Crippen LogP) is 14.7. The molecule has 0 fully saturated rings. The van der Waals surface area contributed by atoms with Gasteiger partial charge >= 0.3 is 23.9 Å². The molecule has 12 heteroatoms. The van der Waals surface area contributed by atoms with Crippen LogP contribution in [0.5, 0.6) is 0 Å². The molecule has 0 bridgehead atoms. The Hall–Kier alpha value is -2.28. The van der Waals surface area contributed by atoms with Crippen molar-refractivity contribution in [2.45, 2.75) is 285 Å². The Morgan fingerprint density at radius 2 is 0.568 bits per heavy atom. The highest BCUT2D eigenvalue weighted by Crippen LogP contribution is 2.23. The van der Waals surface area contributed by atoms with Crippen molar-refractivity contribution in [3.63, 3.8) is 0 Å². The van der Waals surface area contributed by atoms with Gasteiger partial charge in [-0.3, -0.25) is 19.2 Å². The van der Waals surface area contributed by atoms with Crippen LogP contribution in [0.1, 0.15) is 285 Å². The zero-order valence-electron chi connectivity index (χ0n) is 49.0. The Morgan fingerprint density at radius 1 is 0.311 bits per heavy atom. The number of unbranched alkanes of at least 4 members (excludes halogenated alkanes) is 25. The highest BCUT2D eigenvalue weighted by molar-refractivity contribution is 5.72. The van der Waals surface area contributed by atoms with Crippen LogP contribution in [0.25, 0.3) is 0 Å². The fourth-order valence-corrected chi connectivity index (χ4v) is 9.69. The molecule has 0 aromatic heterocycles. The Balaban J connectivity index is 4.43. The highest BCUT2D eigenvalue weighted by Gasteiger charge is 2.21. The second-order valence-electron chi connectivity index (χ2n) is 21.6. The quantitative estimate of drug-likeness (QED) is 0.0339. The number of ether oxygens (including phenoxy) is 4. The molecule has 2 unspecified atom stereocenters. The third-order valence-corrected chi connectivity index (χ3v) is 14.6. The minimum Gasteiger partial charge on any atom is -0.466 e. The van der Waals surface area contributed by atoms with Crippen LogP contribution in [0, 0.1) is 11.8 Å². The third kappa shape index (κ3) is 48.1. The predicted molar refractivity (Wildman–Crippen MR) is 305 cm³/mol. The first-order valence-electron chi connectivity index (χ1n) is 31.6. The van der Waals surface area contributed by atoms with E-state index in [1.54, 1.807) is 0 Å². The number of carbonyl (C=O) groups is 4. The third-order valence-electron chi connectivity index (χ3n) is 14.6. The van der Waals surface area contributed by atoms with E-state index >= 15 is 0 Å². The standard InChI is InChI=1S/C62H120N2O10/c1-5-9-13-17-19-27-41-57(39-25-15-11-7-3)61(69)73-55-35-23-21-29-45-63(47-31-33-51-65)49-43-59(67)71-53-37-38-54-72-60(68)44-50-64(48-32-34-52-66)46-30-22-24-36-56-74-62(70)58(40-26-16-12-8-4)42-28-20-18-14-10-6-2/h57-58,65-66H,5-56H2,1-4H3. The number of esters is 4. The molecule has 0 saturated carbocycles. The van der Waals surface area contributed by atoms with Gasteiger partial charge in [-0.2, -0.15) is 0 Å². The molecule has 2 atom stereocenters. The lowest BCUT2D eigenvalue weighted by atomic mass is 9.94. The first kappa shape index (κ1) is 71.7. The fourth-order valence-electron chi connectivity index (χ4n) is 9.69. The molecule has 0 spiro atoms. The minimum atomic E-state index is -0.225. The van der Waals surface area contributed by atoms with E-state index in [-0.39, 0.29) is 48.9 Å². The number of nitrogens with zero attached hydrogens (tertiary/aromatic N) is 2. The molecule has 2 N–H and O–H groups in total. The van der Waals surface area contributed by atoms with E-state index in [4.69, 9.17) is 18.9 Å². The van der Waals surface area contributed by atoms with Crippen LogP contribution in [-0.2, 0) is 38.1 Å². The molecule has 0 amide bonds. The van der Waals surface area contributed by atoms with Gasteiger partial charge in [0.05, 0.1) is 51.1 Å². The summed E-state index contributed by atoms with van der Waals surface area (Å²) in [5.41, 5.74) is 0. The number of hydrogen-bond acceptors (Lipinski definition) is 12. The van der Waals surface area contributed by atoms with Gasteiger partial charge in [0.1, 0.15) is 0 Å². The Kier molecular flexibility index (Phi) is 55.2. The molecule has 0 aliphatic heterocycles. The van der Waals surface area contributed by atoms with Crippen LogP contribution in [0.3, 0.4) is 0 Å². The summed E-state index contributed by atoms with van der Waals surface area (Å²) < 4.78 is 22.7. The van der Waals surface area contributed by atoms with Crippen LogP contribution in [0.15, 0.2) is 0 Å². The maximum Gasteiger partial charge on any atom is 0.308 e. The lowest BCUT2D eigenvalue weighted by Crippen LogP contribution is -2.29. The van der Waals surface area contributed by atoms with Crippen molar-refractivity contribution in [2.24, 2.45) is 11.8 Å². The summed E-state index contributed by atoms with van der Waals surface area (Å²) in [7, 11) is 0. The Labute approximate surface area is 455 Å². The zero-order chi connectivity index (χ0) is 54.2. The van der Waals surface area contributed by atoms with E-state index in [0.717, 1.165) is 155 Å². The van der Waals surface area contributed by atoms with Gasteiger partial charge in [0.15, 0.2) is 0 Å². The average molecular weight is 1050 g/mol. The van der Waals surface area contributed by atoms with Crippen molar-refractivity contribution in [1.29, 1.82) is 0 Å². The van der Waals surface area contributed by atoms with Crippen LogP contribution >= 0.6 is 0 Å². The number of rotatable bonds is 59. The van der Waals surface area contributed by atoms with E-state index < -0.39 is 0 Å². The van der Waals surface area contributed by atoms with Crippen LogP contribution < -0.4 is 0 Å². The van der Waals surface area contributed by atoms with Gasteiger partial charge in [-0.15, -0.1) is 0 Å². The first-order chi connectivity index (χ1) is 36.3. The Bertz CT molecular complexity index is 1150. The summed E-state index contributed by atoms with van der Waals surface area (Å²) in [6, 6.07) is 0. The molecular formula is C62H120N2O10. The number of carbonyl (C=O) groups excluding carboxylic acids is 4. The summed E-state index contributed by atoms with van der Waals surface area (Å²) in [5.74, 6) is -0.369. The minimum absolute atomic E-state index is 0.00206. The van der Waals surface area contributed by atoms with Crippen LogP contribution in [0.2, 0.25) is 0 Å². The van der Waals surface area contributed by atoms with E-state index in [1.807, 2.05) is 0 Å². The number of aliphatic hydroxyl groups is 2. The molecule has 0 rings (SSSR count). The van der Waals surface area contributed by atoms with Crippen molar-refractivity contribution in [1.82, 2.24) is 9.80 Å². The van der Waals surface area contributed by atoms with Crippen LogP contribution in [-0.4, -0.2) is 123 Å². The molecule has 0 saturated heterocycles. The SMILES string of the molecule is CCCCCCCCC(CCCCCC)C(=O)OCCCCCCN(CCCCO)CCC(=O)OCCCCOC(=O)CCN(CCCCO)CCCCCCOC(=O)C(CCCCCC)CCCCCCCC. The maximum absolute atomic E-state index is 13.0. The van der Waals surface area contributed by atoms with E-state index in [9.17, 15) is 29.4 Å². The molecule has 0 aliphatic carbocycles. The van der Waals surface area contributed by atoms with Crippen LogP contribution in [0.4, 0.5) is 0 Å². The molecule has 0 radical (unpaired) electrons. The lowest BCUT2D eigenvalue weighted by molar-refractivity contribution is -0.150. The van der Waals surface area contributed by atoms with Gasteiger partial charge in [0.2, 0.25) is 0 Å². The summed E-state index contributed by atoms with van der Waals surface area (Å²) in [4.78, 5) is 55.9. The van der Waals surface area contributed by atoms with Gasteiger partial charge in [0, 0.05) is 26.3 Å². The molecule has 74 heavy (non-hydrogen) atoms. The molecule has 0 aromatic carbocycles. The van der Waals surface area contributed by atoms with Crippen molar-refractivity contribution in [3.8, 4) is 0 Å². The Morgan fingerprint density at radius 3 is 0.905 bits per heavy atom. The lowest BCUT2D eigenvalue weighted by Gasteiger charge is -2.22. The maximum atomic E-state index is 13.0. The molecular weight excluding hydrogens is 933 g/mol. The van der Waals surface area contributed by atoms with Crippen molar-refractivity contribution < 1.29 is 48.3 Å². The fraction of sp³-hybridized carbons (Fsp3) is 0.935. The first-order valence-corrected chi connectivity index (χ1v) is 31.6. The largest absolute Gasteiger partial charge is 0.466 e. The van der Waals surface area contributed by atoms with Crippen molar-refractivity contribution >= 4 is 23.9 Å². The number of hydrogen-bond donors (Lipinski definition) is 2. The summed E-state index contributed by atoms with van der Waals surface area (Å²) in [5, 5.41) is 18.7. The molecule has 0 aromatic rings. The monoisotopic (exact) mass is 1050 g/mol. The van der Waals surface area contributed by atoms with Gasteiger partial charge < -0.3 is 39.0 Å². The smallest absolute Gasteiger partial charge is 0.308 e. The molecule has 438 valence electrons.